The molecule has 0 radical (unpaired) electrons. The monoisotopic (exact) mass is 302 g/mol. The molecule has 0 amide bonds. The molecule has 0 aliphatic carbocycles. The van der Waals surface area contributed by atoms with Crippen molar-refractivity contribution in [2.24, 2.45) is 5.92 Å². The summed E-state index contributed by atoms with van der Waals surface area (Å²) in [5, 5.41) is 0. The SMILES string of the molecule is Cc1ncn(CC2CCN(Cc3ncco3)CC2)c(=O)c1C. The average Bonchev–Trinajstić information content (AvgIpc) is 3.03. The lowest BCUT2D eigenvalue weighted by atomic mass is 9.96. The molecule has 118 valence electrons. The highest BCUT2D eigenvalue weighted by atomic mass is 16.3. The van der Waals surface area contributed by atoms with Gasteiger partial charge in [-0.2, -0.15) is 0 Å². The maximum Gasteiger partial charge on any atom is 0.256 e. The van der Waals surface area contributed by atoms with Crippen LogP contribution < -0.4 is 5.56 Å². The van der Waals surface area contributed by atoms with Gasteiger partial charge in [0, 0.05) is 17.8 Å². The molecule has 1 aliphatic heterocycles. The fourth-order valence-electron chi connectivity index (χ4n) is 2.93. The number of oxazole rings is 1. The lowest BCUT2D eigenvalue weighted by Crippen LogP contribution is -2.36. The maximum absolute atomic E-state index is 12.2. The zero-order chi connectivity index (χ0) is 15.5. The Bertz CT molecular complexity index is 670. The number of piperidine rings is 1. The summed E-state index contributed by atoms with van der Waals surface area (Å²) in [5.74, 6) is 1.30. The number of aromatic nitrogens is 3. The Hall–Kier alpha value is -1.95. The quantitative estimate of drug-likeness (QED) is 0.861. The third-order valence-electron chi connectivity index (χ3n) is 4.52. The minimum absolute atomic E-state index is 0.0923. The minimum Gasteiger partial charge on any atom is -0.448 e. The van der Waals surface area contributed by atoms with Gasteiger partial charge in [-0.15, -0.1) is 0 Å². The van der Waals surface area contributed by atoms with Gasteiger partial charge in [0.2, 0.25) is 5.89 Å². The molecule has 2 aromatic rings. The number of nitrogens with zero attached hydrogens (tertiary/aromatic N) is 4. The fourth-order valence-corrected chi connectivity index (χ4v) is 2.93. The molecule has 22 heavy (non-hydrogen) atoms. The van der Waals surface area contributed by atoms with Crippen LogP contribution in [0, 0.1) is 19.8 Å². The normalized spacial score (nSPS) is 17.0. The Morgan fingerprint density at radius 1 is 1.27 bits per heavy atom. The molecule has 0 atom stereocenters. The topological polar surface area (TPSA) is 64.2 Å². The van der Waals surface area contributed by atoms with Crippen molar-refractivity contribution in [2.45, 2.75) is 39.8 Å². The second-order valence-electron chi connectivity index (χ2n) is 6.06. The van der Waals surface area contributed by atoms with Crippen molar-refractivity contribution in [1.82, 2.24) is 19.4 Å². The van der Waals surface area contributed by atoms with Gasteiger partial charge in [0.1, 0.15) is 6.26 Å². The fraction of sp³-hybridized carbons (Fsp3) is 0.562. The van der Waals surface area contributed by atoms with Crippen LogP contribution in [0.1, 0.15) is 30.0 Å². The molecule has 0 unspecified atom stereocenters. The van der Waals surface area contributed by atoms with Crippen molar-refractivity contribution in [3.63, 3.8) is 0 Å². The molecule has 1 fully saturated rings. The molecule has 6 heteroatoms. The van der Waals surface area contributed by atoms with Crippen LogP contribution in [0.15, 0.2) is 28.0 Å². The van der Waals surface area contributed by atoms with E-state index in [1.807, 2.05) is 13.8 Å². The van der Waals surface area contributed by atoms with Crippen molar-refractivity contribution in [3.05, 3.63) is 46.3 Å². The molecule has 1 aliphatic rings. The van der Waals surface area contributed by atoms with E-state index in [0.717, 1.165) is 56.2 Å². The zero-order valence-electron chi connectivity index (χ0n) is 13.2. The van der Waals surface area contributed by atoms with Crippen LogP contribution in [-0.2, 0) is 13.1 Å². The standard InChI is InChI=1S/C16H22N4O2/c1-12-13(2)18-11-20(16(12)21)9-14-3-6-19(7-4-14)10-15-17-5-8-22-15/h5,8,11,14H,3-4,6-7,9-10H2,1-2H3. The van der Waals surface area contributed by atoms with Gasteiger partial charge in [-0.1, -0.05) is 0 Å². The Morgan fingerprint density at radius 2 is 2.05 bits per heavy atom. The lowest BCUT2D eigenvalue weighted by Gasteiger charge is -2.31. The molecule has 0 saturated carbocycles. The molecule has 0 aromatic carbocycles. The maximum atomic E-state index is 12.2. The molecule has 3 rings (SSSR count). The molecule has 6 nitrogen and oxygen atoms in total. The van der Waals surface area contributed by atoms with Gasteiger partial charge in [-0.05, 0) is 45.7 Å². The Balaban J connectivity index is 1.56. The minimum atomic E-state index is 0.0923. The number of likely N-dealkylation sites (tertiary alicyclic amines) is 1. The van der Waals surface area contributed by atoms with Crippen molar-refractivity contribution in [2.75, 3.05) is 13.1 Å². The van der Waals surface area contributed by atoms with Gasteiger partial charge in [-0.25, -0.2) is 9.97 Å². The molecule has 2 aromatic heterocycles. The highest BCUT2D eigenvalue weighted by Gasteiger charge is 2.21. The van der Waals surface area contributed by atoms with E-state index in [2.05, 4.69) is 14.9 Å². The third-order valence-corrected chi connectivity index (χ3v) is 4.52. The summed E-state index contributed by atoms with van der Waals surface area (Å²) in [5.41, 5.74) is 1.67. The average molecular weight is 302 g/mol. The summed E-state index contributed by atoms with van der Waals surface area (Å²) in [6.07, 6.45) is 7.15. The number of aryl methyl sites for hydroxylation is 1. The van der Waals surface area contributed by atoms with Crippen LogP contribution in [0.5, 0.6) is 0 Å². The first-order valence-electron chi connectivity index (χ1n) is 7.77. The Labute approximate surface area is 129 Å². The van der Waals surface area contributed by atoms with Crippen LogP contribution >= 0.6 is 0 Å². The molecule has 0 bridgehead atoms. The number of hydrogen-bond acceptors (Lipinski definition) is 5. The van der Waals surface area contributed by atoms with Crippen LogP contribution in [0.25, 0.3) is 0 Å². The van der Waals surface area contributed by atoms with E-state index in [-0.39, 0.29) is 5.56 Å². The van der Waals surface area contributed by atoms with Gasteiger partial charge < -0.3 is 4.42 Å². The van der Waals surface area contributed by atoms with E-state index in [0.29, 0.717) is 5.92 Å². The van der Waals surface area contributed by atoms with E-state index in [9.17, 15) is 4.79 Å². The first-order chi connectivity index (χ1) is 10.6. The van der Waals surface area contributed by atoms with Crippen molar-refractivity contribution in [3.8, 4) is 0 Å². The lowest BCUT2D eigenvalue weighted by molar-refractivity contribution is 0.154. The Morgan fingerprint density at radius 3 is 2.73 bits per heavy atom. The molecule has 0 N–H and O–H groups in total. The number of rotatable bonds is 4. The van der Waals surface area contributed by atoms with Crippen LogP contribution in [-0.4, -0.2) is 32.5 Å². The van der Waals surface area contributed by atoms with Crippen LogP contribution in [0.4, 0.5) is 0 Å². The molecule has 1 saturated heterocycles. The van der Waals surface area contributed by atoms with Crippen molar-refractivity contribution < 1.29 is 4.42 Å². The smallest absolute Gasteiger partial charge is 0.256 e. The second kappa shape index (κ2) is 6.44. The number of hydrogen-bond donors (Lipinski definition) is 0. The summed E-state index contributed by atoms with van der Waals surface area (Å²) < 4.78 is 7.05. The third kappa shape index (κ3) is 3.27. The van der Waals surface area contributed by atoms with Crippen molar-refractivity contribution >= 4 is 0 Å². The molecule has 3 heterocycles. The summed E-state index contributed by atoms with van der Waals surface area (Å²) in [6.45, 7) is 7.28. The predicted molar refractivity (Wildman–Crippen MR) is 82.5 cm³/mol. The predicted octanol–water partition coefficient (Wildman–Crippen LogP) is 1.76. The van der Waals surface area contributed by atoms with E-state index < -0.39 is 0 Å². The first-order valence-corrected chi connectivity index (χ1v) is 7.77. The van der Waals surface area contributed by atoms with E-state index in [1.54, 1.807) is 23.4 Å². The summed E-state index contributed by atoms with van der Waals surface area (Å²) in [4.78, 5) is 23.0. The molecular weight excluding hydrogens is 280 g/mol. The first kappa shape index (κ1) is 15.0. The van der Waals surface area contributed by atoms with Gasteiger partial charge in [-0.3, -0.25) is 14.3 Å². The van der Waals surface area contributed by atoms with Crippen LogP contribution in [0.3, 0.4) is 0 Å². The van der Waals surface area contributed by atoms with Gasteiger partial charge in [0.15, 0.2) is 0 Å². The van der Waals surface area contributed by atoms with Crippen molar-refractivity contribution in [1.29, 1.82) is 0 Å². The molecular formula is C16H22N4O2. The highest BCUT2D eigenvalue weighted by molar-refractivity contribution is 5.12. The van der Waals surface area contributed by atoms with Gasteiger partial charge >= 0.3 is 0 Å². The second-order valence-corrected chi connectivity index (χ2v) is 6.06. The Kier molecular flexibility index (Phi) is 4.38. The zero-order valence-corrected chi connectivity index (χ0v) is 13.2. The van der Waals surface area contributed by atoms with E-state index in [4.69, 9.17) is 4.42 Å². The van der Waals surface area contributed by atoms with Gasteiger partial charge in [0.05, 0.1) is 19.1 Å². The molecule has 0 spiro atoms. The van der Waals surface area contributed by atoms with E-state index >= 15 is 0 Å². The van der Waals surface area contributed by atoms with Crippen LogP contribution in [0.2, 0.25) is 0 Å². The summed E-state index contributed by atoms with van der Waals surface area (Å²) >= 11 is 0. The highest BCUT2D eigenvalue weighted by Crippen LogP contribution is 2.20. The largest absolute Gasteiger partial charge is 0.448 e. The summed E-state index contributed by atoms with van der Waals surface area (Å²) in [7, 11) is 0. The summed E-state index contributed by atoms with van der Waals surface area (Å²) in [6, 6.07) is 0. The van der Waals surface area contributed by atoms with E-state index in [1.165, 1.54) is 0 Å². The van der Waals surface area contributed by atoms with Gasteiger partial charge in [0.25, 0.3) is 5.56 Å².